The minimum Gasteiger partial charge on any atom is -0.492 e. The van der Waals surface area contributed by atoms with Crippen molar-refractivity contribution in [1.29, 1.82) is 0 Å². The van der Waals surface area contributed by atoms with E-state index in [1.54, 1.807) is 12.1 Å². The number of aryl methyl sites for hydroxylation is 1. The van der Waals surface area contributed by atoms with Crippen LogP contribution in [0.1, 0.15) is 16.9 Å². The van der Waals surface area contributed by atoms with Gasteiger partial charge in [0.1, 0.15) is 23.9 Å². The summed E-state index contributed by atoms with van der Waals surface area (Å²) in [6.45, 7) is 2.16. The zero-order chi connectivity index (χ0) is 24.5. The van der Waals surface area contributed by atoms with Crippen LogP contribution in [0.15, 0.2) is 63.9 Å². The fourth-order valence-corrected chi connectivity index (χ4v) is 4.26. The summed E-state index contributed by atoms with van der Waals surface area (Å²) in [6.07, 6.45) is -3.22. The highest BCUT2D eigenvalue weighted by Gasteiger charge is 2.35. The highest BCUT2D eigenvalue weighted by molar-refractivity contribution is 8.18. The number of carbonyl (C=O) groups is 2. The van der Waals surface area contributed by atoms with E-state index in [0.29, 0.717) is 5.75 Å². The Morgan fingerprint density at radius 1 is 1.09 bits per heavy atom. The second-order valence-corrected chi connectivity index (χ2v) is 8.79. The summed E-state index contributed by atoms with van der Waals surface area (Å²) >= 11 is 6.42. The summed E-state index contributed by atoms with van der Waals surface area (Å²) in [5, 5.41) is -0.855. The third-order valence-corrected chi connectivity index (χ3v) is 6.17. The number of benzene rings is 2. The number of rotatable bonds is 6. The first-order valence-electron chi connectivity index (χ1n) is 10.0. The van der Waals surface area contributed by atoms with Crippen molar-refractivity contribution in [1.82, 2.24) is 4.90 Å². The van der Waals surface area contributed by atoms with Crippen LogP contribution >= 0.6 is 23.4 Å². The highest BCUT2D eigenvalue weighted by atomic mass is 35.5. The molecule has 0 radical (unpaired) electrons. The molecule has 34 heavy (non-hydrogen) atoms. The van der Waals surface area contributed by atoms with Crippen molar-refractivity contribution in [3.63, 3.8) is 0 Å². The molecule has 1 aliphatic rings. The van der Waals surface area contributed by atoms with Gasteiger partial charge in [-0.3, -0.25) is 14.5 Å². The zero-order valence-electron chi connectivity index (χ0n) is 17.7. The molecule has 4 rings (SSSR count). The van der Waals surface area contributed by atoms with E-state index < -0.39 is 27.9 Å². The van der Waals surface area contributed by atoms with Gasteiger partial charge in [0.15, 0.2) is 0 Å². The lowest BCUT2D eigenvalue weighted by molar-refractivity contribution is -0.137. The molecule has 0 unspecified atom stereocenters. The fourth-order valence-electron chi connectivity index (χ4n) is 3.19. The molecular formula is C24H17ClF3NO4S. The Labute approximate surface area is 202 Å². The molecule has 2 aromatic carbocycles. The molecule has 176 valence electrons. The molecule has 1 aliphatic heterocycles. The molecule has 2 heterocycles. The van der Waals surface area contributed by atoms with E-state index in [1.807, 2.05) is 19.1 Å². The number of alkyl halides is 3. The molecule has 3 aromatic rings. The Balaban J connectivity index is 1.44. The van der Waals surface area contributed by atoms with Crippen molar-refractivity contribution in [3.8, 4) is 17.1 Å². The Bertz CT molecular complexity index is 1270. The van der Waals surface area contributed by atoms with Crippen molar-refractivity contribution in [2.75, 3.05) is 13.2 Å². The van der Waals surface area contributed by atoms with Crippen LogP contribution in [-0.2, 0) is 11.0 Å². The predicted octanol–water partition coefficient (Wildman–Crippen LogP) is 7.04. The van der Waals surface area contributed by atoms with E-state index in [9.17, 15) is 22.8 Å². The Morgan fingerprint density at radius 3 is 2.53 bits per heavy atom. The number of amides is 2. The number of halogens is 4. The zero-order valence-corrected chi connectivity index (χ0v) is 19.3. The monoisotopic (exact) mass is 507 g/mol. The molecular weight excluding hydrogens is 491 g/mol. The van der Waals surface area contributed by atoms with Crippen molar-refractivity contribution >= 4 is 40.6 Å². The summed E-state index contributed by atoms with van der Waals surface area (Å²) in [6, 6.07) is 13.8. The van der Waals surface area contributed by atoms with Crippen molar-refractivity contribution in [3.05, 3.63) is 81.4 Å². The number of carbonyl (C=O) groups excluding carboxylic acids is 2. The van der Waals surface area contributed by atoms with Gasteiger partial charge in [0.2, 0.25) is 0 Å². The van der Waals surface area contributed by atoms with Crippen molar-refractivity contribution in [2.45, 2.75) is 13.1 Å². The number of hydrogen-bond donors (Lipinski definition) is 0. The maximum absolute atomic E-state index is 13.1. The van der Waals surface area contributed by atoms with Crippen LogP contribution in [-0.4, -0.2) is 29.2 Å². The fraction of sp³-hybridized carbons (Fsp3) is 0.167. The van der Waals surface area contributed by atoms with E-state index in [1.165, 1.54) is 24.3 Å². The van der Waals surface area contributed by atoms with Gasteiger partial charge in [-0.15, -0.1) is 0 Å². The number of furan rings is 1. The predicted molar refractivity (Wildman–Crippen MR) is 124 cm³/mol. The largest absolute Gasteiger partial charge is 0.492 e. The maximum atomic E-state index is 13.1. The van der Waals surface area contributed by atoms with Crippen LogP contribution < -0.4 is 4.74 Å². The van der Waals surface area contributed by atoms with Crippen LogP contribution in [0.25, 0.3) is 17.4 Å². The molecule has 2 amide bonds. The summed E-state index contributed by atoms with van der Waals surface area (Å²) in [5.41, 5.74) is 0.290. The number of ether oxygens (including phenoxy) is 1. The summed E-state index contributed by atoms with van der Waals surface area (Å²) in [5.74, 6) is 0.525. The lowest BCUT2D eigenvalue weighted by Crippen LogP contribution is -2.32. The van der Waals surface area contributed by atoms with Gasteiger partial charge in [0, 0.05) is 11.6 Å². The molecule has 10 heteroatoms. The first kappa shape index (κ1) is 24.0. The first-order chi connectivity index (χ1) is 16.1. The Hall–Kier alpha value is -3.17. The summed E-state index contributed by atoms with van der Waals surface area (Å²) < 4.78 is 50.6. The minimum atomic E-state index is -4.61. The average Bonchev–Trinajstić information content (AvgIpc) is 3.34. The summed E-state index contributed by atoms with van der Waals surface area (Å²) in [4.78, 5) is 26.2. The normalized spacial score (nSPS) is 15.4. The molecule has 0 bridgehead atoms. The van der Waals surface area contributed by atoms with Crippen molar-refractivity contribution in [2.24, 2.45) is 0 Å². The Kier molecular flexibility index (Phi) is 6.77. The average molecular weight is 508 g/mol. The standard InChI is InChI=1S/C24H17ClF3NO4S/c1-14-2-5-16(6-3-14)32-11-10-29-22(30)21(34-23(29)31)13-17-7-9-20(33-17)15-4-8-19(25)18(12-15)24(26,27)28/h2-9,12-13H,10-11H2,1H3/b21-13-. The van der Waals surface area contributed by atoms with Gasteiger partial charge < -0.3 is 9.15 Å². The van der Waals surface area contributed by atoms with E-state index in [2.05, 4.69) is 0 Å². The van der Waals surface area contributed by atoms with E-state index in [0.717, 1.165) is 34.4 Å². The van der Waals surface area contributed by atoms with Gasteiger partial charge >= 0.3 is 6.18 Å². The lowest BCUT2D eigenvalue weighted by atomic mass is 10.1. The van der Waals surface area contributed by atoms with Gasteiger partial charge in [-0.1, -0.05) is 29.3 Å². The Morgan fingerprint density at radius 2 is 1.82 bits per heavy atom. The minimum absolute atomic E-state index is 0.0737. The van der Waals surface area contributed by atoms with Crippen molar-refractivity contribution < 1.29 is 31.9 Å². The molecule has 0 atom stereocenters. The van der Waals surface area contributed by atoms with Crippen LogP contribution in [0, 0.1) is 6.92 Å². The molecule has 1 saturated heterocycles. The second-order valence-electron chi connectivity index (χ2n) is 7.39. The van der Waals surface area contributed by atoms with E-state index in [4.69, 9.17) is 20.8 Å². The van der Waals surface area contributed by atoms with Crippen LogP contribution in [0.4, 0.5) is 18.0 Å². The maximum Gasteiger partial charge on any atom is 0.417 e. The molecule has 5 nitrogen and oxygen atoms in total. The number of thioether (sulfide) groups is 1. The molecule has 0 saturated carbocycles. The van der Waals surface area contributed by atoms with E-state index in [-0.39, 0.29) is 35.1 Å². The quantitative estimate of drug-likeness (QED) is 0.335. The van der Waals surface area contributed by atoms with Gasteiger partial charge in [-0.2, -0.15) is 13.2 Å². The van der Waals surface area contributed by atoms with Gasteiger partial charge in [0.05, 0.1) is 22.0 Å². The molecule has 0 N–H and O–H groups in total. The third kappa shape index (κ3) is 5.31. The number of hydrogen-bond acceptors (Lipinski definition) is 5. The third-order valence-electron chi connectivity index (χ3n) is 4.93. The molecule has 0 spiro atoms. The van der Waals surface area contributed by atoms with Gasteiger partial charge in [-0.25, -0.2) is 0 Å². The summed E-state index contributed by atoms with van der Waals surface area (Å²) in [7, 11) is 0. The van der Waals surface area contributed by atoms with Crippen LogP contribution in [0.5, 0.6) is 5.75 Å². The smallest absolute Gasteiger partial charge is 0.417 e. The number of imide groups is 1. The second kappa shape index (κ2) is 9.60. The lowest BCUT2D eigenvalue weighted by Gasteiger charge is -2.13. The van der Waals surface area contributed by atoms with Crippen LogP contribution in [0.3, 0.4) is 0 Å². The van der Waals surface area contributed by atoms with Crippen LogP contribution in [0.2, 0.25) is 5.02 Å². The topological polar surface area (TPSA) is 59.8 Å². The SMILES string of the molecule is Cc1ccc(OCCN2C(=O)S/C(=C\c3ccc(-c4ccc(Cl)c(C(F)(F)F)c4)o3)C2=O)cc1. The van der Waals surface area contributed by atoms with Gasteiger partial charge in [-0.05, 0) is 61.2 Å². The molecule has 1 fully saturated rings. The molecule has 0 aliphatic carbocycles. The number of nitrogens with zero attached hydrogens (tertiary/aromatic N) is 1. The highest BCUT2D eigenvalue weighted by Crippen LogP contribution is 2.38. The first-order valence-corrected chi connectivity index (χ1v) is 11.2. The van der Waals surface area contributed by atoms with Gasteiger partial charge in [0.25, 0.3) is 11.1 Å². The van der Waals surface area contributed by atoms with E-state index >= 15 is 0 Å². The molecule has 1 aromatic heterocycles.